The highest BCUT2D eigenvalue weighted by atomic mass is 14.3. The Morgan fingerprint density at radius 1 is 0.611 bits per heavy atom. The van der Waals surface area contributed by atoms with Crippen LogP contribution in [0.3, 0.4) is 0 Å². The summed E-state index contributed by atoms with van der Waals surface area (Å²) in [6.07, 6.45) is 0. The van der Waals surface area contributed by atoms with E-state index in [0.717, 1.165) is 11.1 Å². The maximum absolute atomic E-state index is 9.28. The SMILES string of the molecule is N#C/C(=C(\C#N)c1ccccc1)c1ccccc1. The van der Waals surface area contributed by atoms with E-state index in [4.69, 9.17) is 0 Å². The lowest BCUT2D eigenvalue weighted by molar-refractivity contribution is 1.50. The number of hydrogen-bond acceptors (Lipinski definition) is 2. The van der Waals surface area contributed by atoms with Gasteiger partial charge < -0.3 is 0 Å². The maximum Gasteiger partial charge on any atom is 0.101 e. The minimum atomic E-state index is 0.407. The van der Waals surface area contributed by atoms with Gasteiger partial charge in [0.05, 0.1) is 11.1 Å². The first-order valence-electron chi connectivity index (χ1n) is 5.52. The second-order valence-corrected chi connectivity index (χ2v) is 3.71. The molecule has 0 N–H and O–H groups in total. The van der Waals surface area contributed by atoms with Gasteiger partial charge in [0.2, 0.25) is 0 Å². The highest BCUT2D eigenvalue weighted by Gasteiger charge is 2.10. The van der Waals surface area contributed by atoms with E-state index in [0.29, 0.717) is 11.1 Å². The zero-order chi connectivity index (χ0) is 12.8. The fourth-order valence-corrected chi connectivity index (χ4v) is 1.74. The smallest absolute Gasteiger partial charge is 0.101 e. The van der Waals surface area contributed by atoms with Crippen molar-refractivity contribution in [1.82, 2.24) is 0 Å². The average molecular weight is 230 g/mol. The second-order valence-electron chi connectivity index (χ2n) is 3.71. The lowest BCUT2D eigenvalue weighted by Gasteiger charge is -2.03. The van der Waals surface area contributed by atoms with E-state index < -0.39 is 0 Å². The molecule has 2 heteroatoms. The molecule has 0 aliphatic rings. The van der Waals surface area contributed by atoms with E-state index in [1.807, 2.05) is 60.7 Å². The third-order valence-electron chi connectivity index (χ3n) is 2.60. The highest BCUT2D eigenvalue weighted by Crippen LogP contribution is 2.25. The average Bonchev–Trinajstić information content (AvgIpc) is 2.46. The van der Waals surface area contributed by atoms with Gasteiger partial charge in [0.15, 0.2) is 0 Å². The van der Waals surface area contributed by atoms with E-state index in [2.05, 4.69) is 12.1 Å². The summed E-state index contributed by atoms with van der Waals surface area (Å²) in [4.78, 5) is 0. The van der Waals surface area contributed by atoms with Crippen molar-refractivity contribution in [2.24, 2.45) is 0 Å². The summed E-state index contributed by atoms with van der Waals surface area (Å²) >= 11 is 0. The van der Waals surface area contributed by atoms with Crippen LogP contribution in [0, 0.1) is 22.7 Å². The maximum atomic E-state index is 9.28. The van der Waals surface area contributed by atoms with E-state index in [1.165, 1.54) is 0 Å². The van der Waals surface area contributed by atoms with Gasteiger partial charge in [-0.25, -0.2) is 0 Å². The van der Waals surface area contributed by atoms with Gasteiger partial charge in [-0.1, -0.05) is 60.7 Å². The molecule has 0 heterocycles. The number of allylic oxidation sites excluding steroid dienone is 2. The van der Waals surface area contributed by atoms with Crippen LogP contribution in [0.25, 0.3) is 11.1 Å². The van der Waals surface area contributed by atoms with Crippen molar-refractivity contribution < 1.29 is 0 Å². The molecule has 0 fully saturated rings. The number of benzene rings is 2. The van der Waals surface area contributed by atoms with Crippen molar-refractivity contribution in [2.75, 3.05) is 0 Å². The quantitative estimate of drug-likeness (QED) is 0.584. The summed E-state index contributed by atoms with van der Waals surface area (Å²) in [5, 5.41) is 18.6. The van der Waals surface area contributed by atoms with E-state index >= 15 is 0 Å². The molecule has 2 rings (SSSR count). The first-order chi connectivity index (χ1) is 8.86. The first-order valence-corrected chi connectivity index (χ1v) is 5.52. The van der Waals surface area contributed by atoms with Gasteiger partial charge in [-0.2, -0.15) is 10.5 Å². The molecule has 0 saturated carbocycles. The van der Waals surface area contributed by atoms with E-state index in [-0.39, 0.29) is 0 Å². The zero-order valence-electron chi connectivity index (χ0n) is 9.67. The summed E-state index contributed by atoms with van der Waals surface area (Å²) < 4.78 is 0. The molecule has 0 radical (unpaired) electrons. The fraction of sp³-hybridized carbons (Fsp3) is 0. The fourth-order valence-electron chi connectivity index (χ4n) is 1.74. The molecule has 0 aliphatic carbocycles. The standard InChI is InChI=1S/C16H10N2/c17-11-15(13-7-3-1-4-8-13)16(12-18)14-9-5-2-6-10-14/h1-10H/b16-15-. The van der Waals surface area contributed by atoms with Crippen LogP contribution in [-0.2, 0) is 0 Å². The third kappa shape index (κ3) is 2.29. The molecule has 18 heavy (non-hydrogen) atoms. The Kier molecular flexibility index (Phi) is 3.54. The minimum absolute atomic E-state index is 0.407. The van der Waals surface area contributed by atoms with Crippen molar-refractivity contribution in [3.8, 4) is 12.1 Å². The Hall–Kier alpha value is -2.84. The molecule has 0 aliphatic heterocycles. The predicted molar refractivity (Wildman–Crippen MR) is 70.9 cm³/mol. The summed E-state index contributed by atoms with van der Waals surface area (Å²) in [6, 6.07) is 22.8. The van der Waals surface area contributed by atoms with Crippen LogP contribution in [0.2, 0.25) is 0 Å². The van der Waals surface area contributed by atoms with Crippen LogP contribution in [0.5, 0.6) is 0 Å². The van der Waals surface area contributed by atoms with Crippen LogP contribution >= 0.6 is 0 Å². The molecule has 0 amide bonds. The van der Waals surface area contributed by atoms with Crippen LogP contribution in [0.4, 0.5) is 0 Å². The van der Waals surface area contributed by atoms with Crippen LogP contribution < -0.4 is 0 Å². The monoisotopic (exact) mass is 230 g/mol. The molecular weight excluding hydrogens is 220 g/mol. The Bertz CT molecular complexity index is 581. The number of nitrogens with zero attached hydrogens (tertiary/aromatic N) is 2. The molecule has 0 aromatic heterocycles. The van der Waals surface area contributed by atoms with Crippen LogP contribution in [0.1, 0.15) is 11.1 Å². The van der Waals surface area contributed by atoms with Gasteiger partial charge in [-0.05, 0) is 11.1 Å². The zero-order valence-corrected chi connectivity index (χ0v) is 9.67. The van der Waals surface area contributed by atoms with Crippen molar-refractivity contribution in [2.45, 2.75) is 0 Å². The molecule has 0 saturated heterocycles. The first kappa shape index (κ1) is 11.6. The Balaban J connectivity index is 2.63. The lowest BCUT2D eigenvalue weighted by atomic mass is 9.96. The molecule has 84 valence electrons. The molecule has 0 bridgehead atoms. The topological polar surface area (TPSA) is 47.6 Å². The molecular formula is C16H10N2. The van der Waals surface area contributed by atoms with Gasteiger partial charge >= 0.3 is 0 Å². The Labute approximate surface area is 106 Å². The van der Waals surface area contributed by atoms with Crippen molar-refractivity contribution in [3.63, 3.8) is 0 Å². The molecule has 0 spiro atoms. The van der Waals surface area contributed by atoms with Crippen molar-refractivity contribution in [1.29, 1.82) is 10.5 Å². The molecule has 2 nitrogen and oxygen atoms in total. The normalized spacial score (nSPS) is 11.0. The molecule has 0 unspecified atom stereocenters. The van der Waals surface area contributed by atoms with Crippen molar-refractivity contribution in [3.05, 3.63) is 71.8 Å². The number of hydrogen-bond donors (Lipinski definition) is 0. The van der Waals surface area contributed by atoms with Gasteiger partial charge in [-0.3, -0.25) is 0 Å². The largest absolute Gasteiger partial charge is 0.192 e. The Morgan fingerprint density at radius 3 is 1.22 bits per heavy atom. The lowest BCUT2D eigenvalue weighted by Crippen LogP contribution is -1.88. The minimum Gasteiger partial charge on any atom is -0.192 e. The predicted octanol–water partition coefficient (Wildman–Crippen LogP) is 3.64. The van der Waals surface area contributed by atoms with Gasteiger partial charge in [0, 0.05) is 0 Å². The van der Waals surface area contributed by atoms with Crippen LogP contribution in [0.15, 0.2) is 60.7 Å². The second kappa shape index (κ2) is 5.48. The number of rotatable bonds is 2. The summed E-state index contributed by atoms with van der Waals surface area (Å²) in [6.45, 7) is 0. The van der Waals surface area contributed by atoms with Gasteiger partial charge in [0.1, 0.15) is 12.1 Å². The van der Waals surface area contributed by atoms with Gasteiger partial charge in [-0.15, -0.1) is 0 Å². The summed E-state index contributed by atoms with van der Waals surface area (Å²) in [5.74, 6) is 0. The molecule has 0 atom stereocenters. The molecule has 2 aromatic carbocycles. The number of nitriles is 2. The Morgan fingerprint density at radius 2 is 0.944 bits per heavy atom. The summed E-state index contributed by atoms with van der Waals surface area (Å²) in [5.41, 5.74) is 2.34. The van der Waals surface area contributed by atoms with E-state index in [1.54, 1.807) is 0 Å². The third-order valence-corrected chi connectivity index (χ3v) is 2.60. The van der Waals surface area contributed by atoms with E-state index in [9.17, 15) is 10.5 Å². The highest BCUT2D eigenvalue weighted by molar-refractivity contribution is 6.02. The van der Waals surface area contributed by atoms with Crippen LogP contribution in [-0.4, -0.2) is 0 Å². The van der Waals surface area contributed by atoms with Gasteiger partial charge in [0.25, 0.3) is 0 Å². The van der Waals surface area contributed by atoms with Crippen molar-refractivity contribution >= 4 is 11.1 Å². The molecule has 2 aromatic rings. The summed E-state index contributed by atoms with van der Waals surface area (Å²) in [7, 11) is 0.